The number of aryl methyl sites for hydroxylation is 1. The van der Waals surface area contributed by atoms with Crippen LogP contribution >= 0.6 is 0 Å². The molecule has 1 fully saturated rings. The minimum Gasteiger partial charge on any atom is -0.350 e. The van der Waals surface area contributed by atoms with Gasteiger partial charge in [-0.05, 0) is 24.3 Å². The fourth-order valence-corrected chi connectivity index (χ4v) is 2.96. The van der Waals surface area contributed by atoms with E-state index in [1.54, 1.807) is 18.2 Å². The van der Waals surface area contributed by atoms with Crippen LogP contribution in [0.5, 0.6) is 0 Å². The Bertz CT molecular complexity index is 986. The predicted octanol–water partition coefficient (Wildman–Crippen LogP) is 2.64. The van der Waals surface area contributed by atoms with Gasteiger partial charge in [-0.3, -0.25) is 15.0 Å². The molecule has 1 aliphatic rings. The lowest BCUT2D eigenvalue weighted by atomic mass is 10.1. The molecule has 5 heteroatoms. The van der Waals surface area contributed by atoms with E-state index in [4.69, 9.17) is 0 Å². The number of nitrogens with zero attached hydrogens (tertiary/aromatic N) is 2. The van der Waals surface area contributed by atoms with Crippen molar-refractivity contribution < 1.29 is 9.59 Å². The smallest absolute Gasteiger partial charge is 0.282 e. The Morgan fingerprint density at radius 3 is 2.46 bits per heavy atom. The first-order chi connectivity index (χ1) is 11.6. The van der Waals surface area contributed by atoms with E-state index in [-0.39, 0.29) is 11.5 Å². The van der Waals surface area contributed by atoms with Crippen molar-refractivity contribution in [3.05, 3.63) is 71.9 Å². The zero-order valence-electron chi connectivity index (χ0n) is 13.1. The summed E-state index contributed by atoms with van der Waals surface area (Å²) in [6.45, 7) is 0. The van der Waals surface area contributed by atoms with Crippen molar-refractivity contribution in [1.29, 1.82) is 0 Å². The monoisotopic (exact) mass is 317 g/mol. The quantitative estimate of drug-likeness (QED) is 0.583. The van der Waals surface area contributed by atoms with Crippen LogP contribution < -0.4 is 10.4 Å². The number of aromatic nitrogens is 1. The highest BCUT2D eigenvalue weighted by Gasteiger charge is 2.34. The molecule has 2 heterocycles. The number of hydrazine groups is 1. The average Bonchev–Trinajstić information content (AvgIpc) is 3.08. The molecular formula is C19H15N3O2. The van der Waals surface area contributed by atoms with Crippen molar-refractivity contribution in [1.82, 2.24) is 9.99 Å². The number of para-hydroxylation sites is 2. The number of hydrogen-bond acceptors (Lipinski definition) is 2. The van der Waals surface area contributed by atoms with Crippen LogP contribution in [-0.4, -0.2) is 16.4 Å². The molecule has 0 aliphatic carbocycles. The first-order valence-corrected chi connectivity index (χ1v) is 7.61. The van der Waals surface area contributed by atoms with Gasteiger partial charge in [-0.25, -0.2) is 5.01 Å². The predicted molar refractivity (Wildman–Crippen MR) is 93.0 cm³/mol. The van der Waals surface area contributed by atoms with Crippen LogP contribution in [0.3, 0.4) is 0 Å². The van der Waals surface area contributed by atoms with Gasteiger partial charge in [-0.2, -0.15) is 0 Å². The zero-order chi connectivity index (χ0) is 16.7. The molecule has 0 spiro atoms. The summed E-state index contributed by atoms with van der Waals surface area (Å²) in [7, 11) is 1.94. The number of amides is 2. The van der Waals surface area contributed by atoms with Crippen molar-refractivity contribution in [2.75, 3.05) is 5.01 Å². The van der Waals surface area contributed by atoms with Crippen LogP contribution in [0.25, 0.3) is 17.0 Å². The molecule has 1 aromatic heterocycles. The molecule has 0 bridgehead atoms. The third kappa shape index (κ3) is 2.18. The molecule has 0 unspecified atom stereocenters. The van der Waals surface area contributed by atoms with Gasteiger partial charge in [-0.15, -0.1) is 0 Å². The van der Waals surface area contributed by atoms with Gasteiger partial charge in [0, 0.05) is 29.7 Å². The summed E-state index contributed by atoms with van der Waals surface area (Å²) in [5.74, 6) is -0.740. The number of benzene rings is 2. The summed E-state index contributed by atoms with van der Waals surface area (Å²) < 4.78 is 1.98. The maximum Gasteiger partial charge on any atom is 0.282 e. The fraction of sp³-hybridized carbons (Fsp3) is 0.0526. The number of carbonyl (C=O) groups excluding carboxylic acids is 2. The Morgan fingerprint density at radius 2 is 1.67 bits per heavy atom. The largest absolute Gasteiger partial charge is 0.350 e. The van der Waals surface area contributed by atoms with Crippen LogP contribution in [0.15, 0.2) is 66.4 Å². The Balaban J connectivity index is 1.77. The third-order valence-electron chi connectivity index (χ3n) is 4.13. The molecule has 118 valence electrons. The van der Waals surface area contributed by atoms with Crippen molar-refractivity contribution >= 4 is 34.5 Å². The van der Waals surface area contributed by atoms with Crippen molar-refractivity contribution in [3.8, 4) is 0 Å². The van der Waals surface area contributed by atoms with E-state index in [1.165, 1.54) is 5.01 Å². The van der Waals surface area contributed by atoms with Gasteiger partial charge in [-0.1, -0.05) is 36.4 Å². The minimum absolute atomic E-state index is 0.134. The molecule has 3 aromatic rings. The topological polar surface area (TPSA) is 54.3 Å². The molecule has 2 aromatic carbocycles. The molecule has 0 atom stereocenters. The Morgan fingerprint density at radius 1 is 0.958 bits per heavy atom. The lowest BCUT2D eigenvalue weighted by molar-refractivity contribution is -0.117. The zero-order valence-corrected chi connectivity index (χ0v) is 13.1. The summed E-state index contributed by atoms with van der Waals surface area (Å²) in [5.41, 5.74) is 5.29. The molecule has 0 saturated carbocycles. The maximum absolute atomic E-state index is 12.6. The molecule has 5 nitrogen and oxygen atoms in total. The van der Waals surface area contributed by atoms with E-state index in [2.05, 4.69) is 5.43 Å². The molecule has 4 rings (SSSR count). The van der Waals surface area contributed by atoms with E-state index in [9.17, 15) is 9.59 Å². The number of carbonyl (C=O) groups is 2. The van der Waals surface area contributed by atoms with E-state index >= 15 is 0 Å². The Hall–Kier alpha value is -3.34. The summed E-state index contributed by atoms with van der Waals surface area (Å²) in [6, 6.07) is 16.9. The molecule has 24 heavy (non-hydrogen) atoms. The van der Waals surface area contributed by atoms with Gasteiger partial charge in [0.2, 0.25) is 0 Å². The van der Waals surface area contributed by atoms with Crippen LogP contribution in [0.4, 0.5) is 5.69 Å². The highest BCUT2D eigenvalue weighted by molar-refractivity contribution is 6.32. The molecule has 2 amide bonds. The lowest BCUT2D eigenvalue weighted by Crippen LogP contribution is -2.35. The van der Waals surface area contributed by atoms with E-state index in [0.29, 0.717) is 5.69 Å². The first-order valence-electron chi connectivity index (χ1n) is 7.61. The minimum atomic E-state index is -0.392. The standard InChI is InChI=1S/C19H15N3O2/c1-21-12-13(15-9-5-6-10-17(15)21)11-16-18(23)20-22(19(16)24)14-7-3-2-4-8-14/h2-12H,1H3,(H,20,23)/b16-11-. The number of nitrogens with one attached hydrogen (secondary N) is 1. The van der Waals surface area contributed by atoms with Gasteiger partial charge >= 0.3 is 0 Å². The normalized spacial score (nSPS) is 16.2. The summed E-state index contributed by atoms with van der Waals surface area (Å²) in [4.78, 5) is 24.9. The Kier molecular flexibility index (Phi) is 3.20. The molecule has 1 N–H and O–H groups in total. The van der Waals surface area contributed by atoms with E-state index < -0.39 is 5.91 Å². The molecule has 1 aliphatic heterocycles. The second-order valence-corrected chi connectivity index (χ2v) is 5.69. The van der Waals surface area contributed by atoms with E-state index in [0.717, 1.165) is 16.5 Å². The van der Waals surface area contributed by atoms with Crippen LogP contribution in [0.2, 0.25) is 0 Å². The Labute approximate surface area is 138 Å². The number of anilines is 1. The molecule has 0 radical (unpaired) electrons. The first kappa shape index (κ1) is 14.3. The van der Waals surface area contributed by atoms with Crippen LogP contribution in [0, 0.1) is 0 Å². The van der Waals surface area contributed by atoms with Crippen LogP contribution in [-0.2, 0) is 16.6 Å². The summed E-state index contributed by atoms with van der Waals surface area (Å²) in [6.07, 6.45) is 3.58. The third-order valence-corrected chi connectivity index (χ3v) is 4.13. The van der Waals surface area contributed by atoms with Crippen molar-refractivity contribution in [2.24, 2.45) is 7.05 Å². The van der Waals surface area contributed by atoms with Gasteiger partial charge in [0.05, 0.1) is 5.69 Å². The van der Waals surface area contributed by atoms with Crippen molar-refractivity contribution in [3.63, 3.8) is 0 Å². The van der Waals surface area contributed by atoms with Crippen molar-refractivity contribution in [2.45, 2.75) is 0 Å². The van der Waals surface area contributed by atoms with Gasteiger partial charge in [0.15, 0.2) is 0 Å². The second kappa shape index (κ2) is 5.38. The SMILES string of the molecule is Cn1cc(/C=C2/C(=O)NN(c3ccccc3)C2=O)c2ccccc21. The van der Waals surface area contributed by atoms with Gasteiger partial charge in [0.25, 0.3) is 11.8 Å². The number of rotatable bonds is 2. The number of fused-ring (bicyclic) bond motifs is 1. The van der Waals surface area contributed by atoms with Gasteiger partial charge in [0.1, 0.15) is 5.57 Å². The second-order valence-electron chi connectivity index (χ2n) is 5.69. The maximum atomic E-state index is 12.6. The van der Waals surface area contributed by atoms with Gasteiger partial charge < -0.3 is 4.57 Å². The fourth-order valence-electron chi connectivity index (χ4n) is 2.96. The highest BCUT2D eigenvalue weighted by atomic mass is 16.2. The number of hydrogen-bond donors (Lipinski definition) is 1. The summed E-state index contributed by atoms with van der Waals surface area (Å²) in [5, 5.41) is 2.28. The lowest BCUT2D eigenvalue weighted by Gasteiger charge is -2.13. The summed E-state index contributed by atoms with van der Waals surface area (Å²) >= 11 is 0. The average molecular weight is 317 g/mol. The van der Waals surface area contributed by atoms with E-state index in [1.807, 2.05) is 60.3 Å². The highest BCUT2D eigenvalue weighted by Crippen LogP contribution is 2.25. The molecule has 1 saturated heterocycles. The van der Waals surface area contributed by atoms with Crippen LogP contribution in [0.1, 0.15) is 5.56 Å². The molecular weight excluding hydrogens is 302 g/mol.